The molecule has 0 aliphatic carbocycles. The van der Waals surface area contributed by atoms with Gasteiger partial charge in [0.2, 0.25) is 0 Å². The molecule has 1 N–H and O–H groups in total. The summed E-state index contributed by atoms with van der Waals surface area (Å²) in [5.74, 6) is 0. The first-order valence-electron chi connectivity index (χ1n) is 6.19. The molecule has 1 heterocycles. The predicted octanol–water partition coefficient (Wildman–Crippen LogP) is 3.98. The Balaban J connectivity index is 2.04. The quantitative estimate of drug-likeness (QED) is 0.905. The lowest BCUT2D eigenvalue weighted by Gasteiger charge is -2.11. The van der Waals surface area contributed by atoms with Crippen molar-refractivity contribution >= 4 is 21.6 Å². The average Bonchev–Trinajstić information content (AvgIpc) is 2.76. The normalized spacial score (nSPS) is 10.6. The standard InChI is InChI=1S/C14H18BrN3/c1-3-6-18-10-16-8-12(18)9-17-14-5-4-11(2)7-13(14)15/h4-5,7-8,10,17H,3,6,9H2,1-2H3. The van der Waals surface area contributed by atoms with E-state index in [0.717, 1.165) is 29.7 Å². The van der Waals surface area contributed by atoms with Gasteiger partial charge in [-0.25, -0.2) is 4.98 Å². The van der Waals surface area contributed by atoms with Crippen LogP contribution in [0.2, 0.25) is 0 Å². The van der Waals surface area contributed by atoms with E-state index in [1.165, 1.54) is 11.3 Å². The predicted molar refractivity (Wildman–Crippen MR) is 78.7 cm³/mol. The molecule has 0 aliphatic rings. The molecule has 2 rings (SSSR count). The van der Waals surface area contributed by atoms with Gasteiger partial charge >= 0.3 is 0 Å². The lowest BCUT2D eigenvalue weighted by molar-refractivity contribution is 0.651. The molecule has 1 aromatic carbocycles. The molecule has 0 aliphatic heterocycles. The molecule has 1 aromatic heterocycles. The Morgan fingerprint density at radius 2 is 2.22 bits per heavy atom. The second-order valence-corrected chi connectivity index (χ2v) is 5.27. The van der Waals surface area contributed by atoms with Crippen molar-refractivity contribution in [1.82, 2.24) is 9.55 Å². The molecule has 96 valence electrons. The van der Waals surface area contributed by atoms with Crippen molar-refractivity contribution in [1.29, 1.82) is 0 Å². The maximum atomic E-state index is 4.20. The maximum Gasteiger partial charge on any atom is 0.0948 e. The van der Waals surface area contributed by atoms with Gasteiger partial charge in [-0.1, -0.05) is 13.0 Å². The Hall–Kier alpha value is -1.29. The highest BCUT2D eigenvalue weighted by atomic mass is 79.9. The topological polar surface area (TPSA) is 29.9 Å². The first-order valence-corrected chi connectivity index (χ1v) is 6.99. The summed E-state index contributed by atoms with van der Waals surface area (Å²) in [7, 11) is 0. The summed E-state index contributed by atoms with van der Waals surface area (Å²) in [5, 5.41) is 3.43. The minimum atomic E-state index is 0.793. The van der Waals surface area contributed by atoms with Crippen LogP contribution < -0.4 is 5.32 Å². The van der Waals surface area contributed by atoms with Crippen molar-refractivity contribution in [3.63, 3.8) is 0 Å². The summed E-state index contributed by atoms with van der Waals surface area (Å²) in [6.45, 7) is 6.08. The van der Waals surface area contributed by atoms with Crippen LogP contribution in [0.1, 0.15) is 24.6 Å². The van der Waals surface area contributed by atoms with Crippen LogP contribution in [0, 0.1) is 6.92 Å². The Labute approximate surface area is 116 Å². The summed E-state index contributed by atoms with van der Waals surface area (Å²) in [6, 6.07) is 6.32. The monoisotopic (exact) mass is 307 g/mol. The third-order valence-electron chi connectivity index (χ3n) is 2.85. The van der Waals surface area contributed by atoms with E-state index in [4.69, 9.17) is 0 Å². The van der Waals surface area contributed by atoms with Crippen molar-refractivity contribution in [3.05, 3.63) is 46.5 Å². The summed E-state index contributed by atoms with van der Waals surface area (Å²) in [5.41, 5.74) is 3.58. The van der Waals surface area contributed by atoms with E-state index in [-0.39, 0.29) is 0 Å². The molecule has 0 saturated heterocycles. The number of hydrogen-bond donors (Lipinski definition) is 1. The number of aryl methyl sites for hydroxylation is 2. The molecule has 0 bridgehead atoms. The summed E-state index contributed by atoms with van der Waals surface area (Å²) in [4.78, 5) is 4.20. The van der Waals surface area contributed by atoms with E-state index in [2.05, 4.69) is 62.8 Å². The van der Waals surface area contributed by atoms with Crippen molar-refractivity contribution in [2.24, 2.45) is 0 Å². The molecular formula is C14H18BrN3. The number of benzene rings is 1. The highest BCUT2D eigenvalue weighted by molar-refractivity contribution is 9.10. The van der Waals surface area contributed by atoms with Crippen LogP contribution in [0.3, 0.4) is 0 Å². The molecule has 0 radical (unpaired) electrons. The molecule has 0 amide bonds. The zero-order valence-electron chi connectivity index (χ0n) is 10.8. The fraction of sp³-hybridized carbons (Fsp3) is 0.357. The van der Waals surface area contributed by atoms with Crippen LogP contribution >= 0.6 is 15.9 Å². The Kier molecular flexibility index (Phi) is 4.42. The summed E-state index contributed by atoms with van der Waals surface area (Å²) >= 11 is 3.58. The lowest BCUT2D eigenvalue weighted by Crippen LogP contribution is -2.07. The number of hydrogen-bond acceptors (Lipinski definition) is 2. The molecule has 0 unspecified atom stereocenters. The highest BCUT2D eigenvalue weighted by Crippen LogP contribution is 2.23. The number of nitrogens with one attached hydrogen (secondary N) is 1. The maximum absolute atomic E-state index is 4.20. The number of rotatable bonds is 5. The molecule has 0 spiro atoms. The van der Waals surface area contributed by atoms with E-state index in [1.807, 2.05) is 12.5 Å². The molecule has 18 heavy (non-hydrogen) atoms. The number of nitrogens with zero attached hydrogens (tertiary/aromatic N) is 2. The van der Waals surface area contributed by atoms with Crippen LogP contribution in [-0.2, 0) is 13.1 Å². The Bertz CT molecular complexity index is 520. The van der Waals surface area contributed by atoms with E-state index >= 15 is 0 Å². The molecular weight excluding hydrogens is 290 g/mol. The van der Waals surface area contributed by atoms with E-state index in [9.17, 15) is 0 Å². The highest BCUT2D eigenvalue weighted by Gasteiger charge is 2.03. The smallest absolute Gasteiger partial charge is 0.0948 e. The zero-order chi connectivity index (χ0) is 13.0. The fourth-order valence-electron chi connectivity index (χ4n) is 1.89. The lowest BCUT2D eigenvalue weighted by atomic mass is 10.2. The number of anilines is 1. The number of imidazole rings is 1. The van der Waals surface area contributed by atoms with Crippen LogP contribution in [0.5, 0.6) is 0 Å². The van der Waals surface area contributed by atoms with Crippen LogP contribution in [0.4, 0.5) is 5.69 Å². The number of aromatic nitrogens is 2. The van der Waals surface area contributed by atoms with Gasteiger partial charge in [0.25, 0.3) is 0 Å². The summed E-state index contributed by atoms with van der Waals surface area (Å²) in [6.07, 6.45) is 4.94. The third-order valence-corrected chi connectivity index (χ3v) is 3.50. The fourth-order valence-corrected chi connectivity index (χ4v) is 2.52. The summed E-state index contributed by atoms with van der Waals surface area (Å²) < 4.78 is 3.29. The van der Waals surface area contributed by atoms with Crippen LogP contribution in [0.15, 0.2) is 35.2 Å². The molecule has 0 fully saturated rings. The molecule has 0 saturated carbocycles. The SMILES string of the molecule is CCCn1cncc1CNc1ccc(C)cc1Br. The largest absolute Gasteiger partial charge is 0.378 e. The minimum absolute atomic E-state index is 0.793. The van der Waals surface area contributed by atoms with Gasteiger partial charge in [0, 0.05) is 22.9 Å². The van der Waals surface area contributed by atoms with Crippen molar-refractivity contribution < 1.29 is 0 Å². The number of halogens is 1. The zero-order valence-corrected chi connectivity index (χ0v) is 12.4. The second-order valence-electron chi connectivity index (χ2n) is 4.42. The van der Waals surface area contributed by atoms with Crippen LogP contribution in [0.25, 0.3) is 0 Å². The van der Waals surface area contributed by atoms with Gasteiger partial charge in [-0.15, -0.1) is 0 Å². The Morgan fingerprint density at radius 1 is 1.39 bits per heavy atom. The molecule has 2 aromatic rings. The molecule has 3 nitrogen and oxygen atoms in total. The van der Waals surface area contributed by atoms with Gasteiger partial charge < -0.3 is 9.88 Å². The van der Waals surface area contributed by atoms with E-state index < -0.39 is 0 Å². The Morgan fingerprint density at radius 3 is 2.94 bits per heavy atom. The van der Waals surface area contributed by atoms with Gasteiger partial charge in [-0.3, -0.25) is 0 Å². The van der Waals surface area contributed by atoms with Crippen molar-refractivity contribution in [2.75, 3.05) is 5.32 Å². The first kappa shape index (κ1) is 13.1. The second kappa shape index (κ2) is 6.05. The van der Waals surface area contributed by atoms with Gasteiger partial charge in [0.1, 0.15) is 0 Å². The van der Waals surface area contributed by atoms with Crippen LogP contribution in [-0.4, -0.2) is 9.55 Å². The van der Waals surface area contributed by atoms with Crippen molar-refractivity contribution in [3.8, 4) is 0 Å². The molecule has 0 atom stereocenters. The van der Waals surface area contributed by atoms with Gasteiger partial charge in [0.05, 0.1) is 18.6 Å². The van der Waals surface area contributed by atoms with Crippen molar-refractivity contribution in [2.45, 2.75) is 33.4 Å². The minimum Gasteiger partial charge on any atom is -0.378 e. The third kappa shape index (κ3) is 3.13. The van der Waals surface area contributed by atoms with E-state index in [1.54, 1.807) is 0 Å². The first-order chi connectivity index (χ1) is 8.70. The average molecular weight is 308 g/mol. The van der Waals surface area contributed by atoms with Gasteiger partial charge in [0.15, 0.2) is 0 Å². The molecule has 4 heteroatoms. The van der Waals surface area contributed by atoms with E-state index in [0.29, 0.717) is 0 Å². The van der Waals surface area contributed by atoms with Gasteiger partial charge in [-0.2, -0.15) is 0 Å². The van der Waals surface area contributed by atoms with Gasteiger partial charge in [-0.05, 0) is 47.0 Å².